The van der Waals surface area contributed by atoms with Crippen LogP contribution in [0.2, 0.25) is 5.15 Å². The van der Waals surface area contributed by atoms with Crippen LogP contribution in [0.3, 0.4) is 0 Å². The quantitative estimate of drug-likeness (QED) is 0.653. The molecule has 2 aromatic heterocycles. The third-order valence-corrected chi connectivity index (χ3v) is 5.04. The molecule has 0 bridgehead atoms. The molecule has 1 aliphatic heterocycles. The number of pyridine rings is 2. The minimum absolute atomic E-state index is 0.203. The van der Waals surface area contributed by atoms with Gasteiger partial charge in [-0.1, -0.05) is 11.6 Å². The maximum absolute atomic E-state index is 13.1. The van der Waals surface area contributed by atoms with Crippen LogP contribution in [0, 0.1) is 5.82 Å². The van der Waals surface area contributed by atoms with Crippen LogP contribution in [0.5, 0.6) is 0 Å². The number of piperazine rings is 1. The highest BCUT2D eigenvalue weighted by Gasteiger charge is 2.18. The van der Waals surface area contributed by atoms with Gasteiger partial charge in [-0.2, -0.15) is 0 Å². The van der Waals surface area contributed by atoms with Gasteiger partial charge in [-0.05, 0) is 54.1 Å². The first-order chi connectivity index (χ1) is 13.7. The Morgan fingerprint density at radius 2 is 1.61 bits per heavy atom. The number of nitrogens with zero attached hydrogens (tertiary/aromatic N) is 4. The summed E-state index contributed by atoms with van der Waals surface area (Å²) in [6.07, 6.45) is 3.53. The number of halogens is 2. The zero-order valence-corrected chi connectivity index (χ0v) is 16.1. The van der Waals surface area contributed by atoms with E-state index < -0.39 is 0 Å². The van der Waals surface area contributed by atoms with Crippen molar-refractivity contribution in [1.29, 1.82) is 0 Å². The molecule has 0 saturated carbocycles. The first-order valence-electron chi connectivity index (χ1n) is 9.23. The van der Waals surface area contributed by atoms with E-state index in [1.54, 1.807) is 12.3 Å². The summed E-state index contributed by atoms with van der Waals surface area (Å²) in [6.45, 7) is 4.20. The molecule has 144 valence electrons. The first kappa shape index (κ1) is 18.5. The van der Waals surface area contributed by atoms with E-state index in [1.165, 1.54) is 12.1 Å². The van der Waals surface area contributed by atoms with Crippen molar-refractivity contribution in [3.63, 3.8) is 0 Å². The highest BCUT2D eigenvalue weighted by atomic mass is 35.5. The Kier molecular flexibility index (Phi) is 5.58. The van der Waals surface area contributed by atoms with Crippen molar-refractivity contribution >= 4 is 28.8 Å². The molecule has 3 heterocycles. The van der Waals surface area contributed by atoms with Crippen molar-refractivity contribution in [2.75, 3.05) is 41.3 Å². The number of benzene rings is 1. The second-order valence-electron chi connectivity index (χ2n) is 6.69. The second-order valence-corrected chi connectivity index (χ2v) is 7.08. The Morgan fingerprint density at radius 1 is 0.893 bits per heavy atom. The SMILES string of the molecule is Fc1ccc(N2CCN(c3cc(CNc4ccnc(Cl)c4)ccn3)CC2)cc1. The lowest BCUT2D eigenvalue weighted by Gasteiger charge is -2.36. The summed E-state index contributed by atoms with van der Waals surface area (Å²) >= 11 is 5.93. The first-order valence-corrected chi connectivity index (χ1v) is 9.61. The van der Waals surface area contributed by atoms with Gasteiger partial charge in [0.1, 0.15) is 16.8 Å². The monoisotopic (exact) mass is 397 g/mol. The number of anilines is 3. The van der Waals surface area contributed by atoms with Gasteiger partial charge in [0.25, 0.3) is 0 Å². The number of rotatable bonds is 5. The average Bonchev–Trinajstić information content (AvgIpc) is 2.73. The fourth-order valence-corrected chi connectivity index (χ4v) is 3.48. The predicted octanol–water partition coefficient (Wildman–Crippen LogP) is 4.21. The maximum Gasteiger partial charge on any atom is 0.131 e. The van der Waals surface area contributed by atoms with Crippen LogP contribution < -0.4 is 15.1 Å². The molecule has 0 spiro atoms. The molecule has 3 aromatic rings. The van der Waals surface area contributed by atoms with Gasteiger partial charge in [0.05, 0.1) is 0 Å². The minimum atomic E-state index is -0.203. The van der Waals surface area contributed by atoms with Crippen LogP contribution in [-0.4, -0.2) is 36.1 Å². The largest absolute Gasteiger partial charge is 0.381 e. The normalized spacial score (nSPS) is 14.2. The molecular weight excluding hydrogens is 377 g/mol. The van der Waals surface area contributed by atoms with Crippen molar-refractivity contribution < 1.29 is 4.39 Å². The van der Waals surface area contributed by atoms with E-state index in [9.17, 15) is 4.39 Å². The fraction of sp³-hybridized carbons (Fsp3) is 0.238. The molecule has 0 atom stereocenters. The zero-order valence-electron chi connectivity index (χ0n) is 15.4. The molecule has 1 aromatic carbocycles. The zero-order chi connectivity index (χ0) is 19.3. The van der Waals surface area contributed by atoms with Crippen LogP contribution in [0.4, 0.5) is 21.6 Å². The van der Waals surface area contributed by atoms with Gasteiger partial charge in [0.15, 0.2) is 0 Å². The average molecular weight is 398 g/mol. The van der Waals surface area contributed by atoms with Crippen LogP contribution in [0.25, 0.3) is 0 Å². The van der Waals surface area contributed by atoms with Gasteiger partial charge in [-0.3, -0.25) is 0 Å². The minimum Gasteiger partial charge on any atom is -0.381 e. The molecule has 7 heteroatoms. The van der Waals surface area contributed by atoms with Crippen molar-refractivity contribution in [3.8, 4) is 0 Å². The second kappa shape index (κ2) is 8.44. The van der Waals surface area contributed by atoms with E-state index in [-0.39, 0.29) is 5.82 Å². The van der Waals surface area contributed by atoms with E-state index in [1.807, 2.05) is 30.5 Å². The van der Waals surface area contributed by atoms with Crippen LogP contribution in [0.1, 0.15) is 5.56 Å². The van der Waals surface area contributed by atoms with Crippen molar-refractivity contribution in [1.82, 2.24) is 9.97 Å². The Hall–Kier alpha value is -2.86. The smallest absolute Gasteiger partial charge is 0.131 e. The van der Waals surface area contributed by atoms with Gasteiger partial charge in [0.2, 0.25) is 0 Å². The molecule has 4 rings (SSSR count). The van der Waals surface area contributed by atoms with E-state index in [0.29, 0.717) is 11.7 Å². The fourth-order valence-electron chi connectivity index (χ4n) is 3.31. The van der Waals surface area contributed by atoms with Crippen LogP contribution in [-0.2, 0) is 6.54 Å². The Labute approximate surface area is 168 Å². The van der Waals surface area contributed by atoms with Crippen molar-refractivity contribution in [3.05, 3.63) is 77.5 Å². The number of hydrogen-bond donors (Lipinski definition) is 1. The van der Waals surface area contributed by atoms with Gasteiger partial charge >= 0.3 is 0 Å². The third kappa shape index (κ3) is 4.51. The van der Waals surface area contributed by atoms with Crippen molar-refractivity contribution in [2.24, 2.45) is 0 Å². The molecule has 1 aliphatic rings. The van der Waals surface area contributed by atoms with E-state index in [0.717, 1.165) is 48.9 Å². The van der Waals surface area contributed by atoms with E-state index >= 15 is 0 Å². The topological polar surface area (TPSA) is 44.3 Å². The maximum atomic E-state index is 13.1. The predicted molar refractivity (Wildman–Crippen MR) is 112 cm³/mol. The summed E-state index contributed by atoms with van der Waals surface area (Å²) in [4.78, 5) is 13.1. The molecule has 1 N–H and O–H groups in total. The summed E-state index contributed by atoms with van der Waals surface area (Å²) in [7, 11) is 0. The lowest BCUT2D eigenvalue weighted by atomic mass is 10.2. The number of aromatic nitrogens is 2. The molecular formula is C21H21ClFN5. The third-order valence-electron chi connectivity index (χ3n) is 4.83. The molecule has 0 radical (unpaired) electrons. The highest BCUT2D eigenvalue weighted by Crippen LogP contribution is 2.21. The molecule has 1 fully saturated rings. The molecule has 5 nitrogen and oxygen atoms in total. The molecule has 1 saturated heterocycles. The van der Waals surface area contributed by atoms with E-state index in [2.05, 4.69) is 31.2 Å². The molecule has 0 amide bonds. The summed E-state index contributed by atoms with van der Waals surface area (Å²) < 4.78 is 13.1. The van der Waals surface area contributed by atoms with Gasteiger partial charge in [-0.15, -0.1) is 0 Å². The molecule has 0 unspecified atom stereocenters. The Bertz CT molecular complexity index is 926. The molecule has 0 aliphatic carbocycles. The summed E-state index contributed by atoms with van der Waals surface area (Å²) in [6, 6.07) is 14.5. The lowest BCUT2D eigenvalue weighted by Crippen LogP contribution is -2.46. The lowest BCUT2D eigenvalue weighted by molar-refractivity contribution is 0.624. The summed E-state index contributed by atoms with van der Waals surface area (Å²) in [5.41, 5.74) is 3.15. The van der Waals surface area contributed by atoms with E-state index in [4.69, 9.17) is 11.6 Å². The number of hydrogen-bond acceptors (Lipinski definition) is 5. The highest BCUT2D eigenvalue weighted by molar-refractivity contribution is 6.29. The van der Waals surface area contributed by atoms with Crippen molar-refractivity contribution in [2.45, 2.75) is 6.54 Å². The standard InChI is InChI=1S/C21H21ClFN5/c22-20-14-18(6-8-24-20)26-15-16-5-7-25-21(13-16)28-11-9-27(10-12-28)19-3-1-17(23)2-4-19/h1-8,13-14H,9-12,15H2,(H,24,26). The summed E-state index contributed by atoms with van der Waals surface area (Å²) in [5, 5.41) is 3.83. The van der Waals surface area contributed by atoms with Gasteiger partial charge < -0.3 is 15.1 Å². The van der Waals surface area contributed by atoms with Crippen LogP contribution >= 0.6 is 11.6 Å². The Balaban J connectivity index is 1.36. The van der Waals surface area contributed by atoms with Gasteiger partial charge in [0, 0.05) is 56.5 Å². The summed E-state index contributed by atoms with van der Waals surface area (Å²) in [5.74, 6) is 0.775. The van der Waals surface area contributed by atoms with Crippen LogP contribution in [0.15, 0.2) is 60.9 Å². The van der Waals surface area contributed by atoms with Gasteiger partial charge in [-0.25, -0.2) is 14.4 Å². The number of nitrogens with one attached hydrogen (secondary N) is 1. The Morgan fingerprint density at radius 3 is 2.36 bits per heavy atom. The molecule has 28 heavy (non-hydrogen) atoms.